The molecule has 1 saturated heterocycles. The second kappa shape index (κ2) is 7.76. The number of nitrogens with one attached hydrogen (secondary N) is 1. The van der Waals surface area contributed by atoms with Crippen molar-refractivity contribution in [2.45, 2.75) is 18.9 Å². The van der Waals surface area contributed by atoms with Gasteiger partial charge in [0.05, 0.1) is 22.9 Å². The van der Waals surface area contributed by atoms with Gasteiger partial charge in [-0.05, 0) is 36.6 Å². The van der Waals surface area contributed by atoms with Gasteiger partial charge >= 0.3 is 0 Å². The van der Waals surface area contributed by atoms with Crippen LogP contribution in [0.3, 0.4) is 0 Å². The lowest BCUT2D eigenvalue weighted by atomic mass is 10.1. The molecule has 0 aromatic heterocycles. The van der Waals surface area contributed by atoms with Crippen LogP contribution in [0.25, 0.3) is 0 Å². The number of aliphatic hydroxyl groups excluding tert-OH is 1. The molecule has 7 heteroatoms. The number of aliphatic hydroxyl groups is 1. The maximum absolute atomic E-state index is 10.8. The molecule has 0 atom stereocenters. The highest BCUT2D eigenvalue weighted by molar-refractivity contribution is 5.81. The van der Waals surface area contributed by atoms with Crippen molar-refractivity contribution in [2.75, 3.05) is 23.4 Å². The number of hydrogen-bond acceptors (Lipinski definition) is 6. The molecule has 2 aromatic carbocycles. The second-order valence-electron chi connectivity index (χ2n) is 5.99. The van der Waals surface area contributed by atoms with Gasteiger partial charge in [-0.15, -0.1) is 0 Å². The molecule has 7 nitrogen and oxygen atoms in total. The predicted molar refractivity (Wildman–Crippen MR) is 98.2 cm³/mol. The molecule has 0 unspecified atom stereocenters. The molecule has 130 valence electrons. The molecule has 2 aromatic rings. The van der Waals surface area contributed by atoms with Crippen LogP contribution < -0.4 is 10.3 Å². The van der Waals surface area contributed by atoms with Crippen LogP contribution in [0.15, 0.2) is 53.6 Å². The molecular weight excluding hydrogens is 320 g/mol. The number of piperidine rings is 1. The summed E-state index contributed by atoms with van der Waals surface area (Å²) < 4.78 is 0. The minimum atomic E-state index is -0.437. The number of hydrazone groups is 1. The topological polar surface area (TPSA) is 91.0 Å². The summed E-state index contributed by atoms with van der Waals surface area (Å²) in [6, 6.07) is 14.2. The van der Waals surface area contributed by atoms with Gasteiger partial charge in [0.1, 0.15) is 0 Å². The van der Waals surface area contributed by atoms with Gasteiger partial charge in [-0.3, -0.25) is 15.5 Å². The van der Waals surface area contributed by atoms with Crippen LogP contribution >= 0.6 is 0 Å². The number of non-ortho nitro benzene ring substituents is 1. The van der Waals surface area contributed by atoms with E-state index in [1.165, 1.54) is 12.1 Å². The molecule has 0 saturated carbocycles. The van der Waals surface area contributed by atoms with Crippen LogP contribution in [0.5, 0.6) is 0 Å². The Labute approximate surface area is 145 Å². The van der Waals surface area contributed by atoms with Crippen LogP contribution in [0.2, 0.25) is 0 Å². The third-order valence-electron chi connectivity index (χ3n) is 4.19. The second-order valence-corrected chi connectivity index (χ2v) is 5.99. The molecule has 0 bridgehead atoms. The SMILES string of the molecule is O=[N+]([O-])c1cccc(NN=Cc2ccc(N3CCC(O)CC3)cc2)c1. The molecule has 0 aliphatic carbocycles. The average molecular weight is 340 g/mol. The highest BCUT2D eigenvalue weighted by Crippen LogP contribution is 2.20. The van der Waals surface area contributed by atoms with Crippen molar-refractivity contribution in [2.24, 2.45) is 5.10 Å². The molecule has 2 N–H and O–H groups in total. The Morgan fingerprint density at radius 3 is 2.60 bits per heavy atom. The summed E-state index contributed by atoms with van der Waals surface area (Å²) in [7, 11) is 0. The minimum Gasteiger partial charge on any atom is -0.393 e. The quantitative estimate of drug-likeness (QED) is 0.496. The van der Waals surface area contributed by atoms with Gasteiger partial charge in [-0.1, -0.05) is 18.2 Å². The third-order valence-corrected chi connectivity index (χ3v) is 4.19. The summed E-state index contributed by atoms with van der Waals surface area (Å²) in [6.07, 6.45) is 3.09. The first-order chi connectivity index (χ1) is 12.1. The Morgan fingerprint density at radius 2 is 1.92 bits per heavy atom. The maximum atomic E-state index is 10.8. The Kier molecular flexibility index (Phi) is 5.25. The largest absolute Gasteiger partial charge is 0.393 e. The van der Waals surface area contributed by atoms with Gasteiger partial charge in [0.25, 0.3) is 5.69 Å². The number of hydrogen-bond donors (Lipinski definition) is 2. The van der Waals surface area contributed by atoms with Gasteiger partial charge in [-0.2, -0.15) is 5.10 Å². The van der Waals surface area contributed by atoms with Crippen molar-refractivity contribution >= 4 is 23.3 Å². The molecule has 1 aliphatic heterocycles. The summed E-state index contributed by atoms with van der Waals surface area (Å²) >= 11 is 0. The zero-order chi connectivity index (χ0) is 17.6. The van der Waals surface area contributed by atoms with Crippen molar-refractivity contribution in [3.63, 3.8) is 0 Å². The van der Waals surface area contributed by atoms with Gasteiger partial charge in [0.15, 0.2) is 0 Å². The number of rotatable bonds is 5. The number of benzene rings is 2. The van der Waals surface area contributed by atoms with E-state index in [9.17, 15) is 15.2 Å². The molecule has 25 heavy (non-hydrogen) atoms. The van der Waals surface area contributed by atoms with Crippen molar-refractivity contribution in [1.29, 1.82) is 0 Å². The average Bonchev–Trinajstić information content (AvgIpc) is 2.63. The van der Waals surface area contributed by atoms with Crippen molar-refractivity contribution in [3.05, 3.63) is 64.2 Å². The first-order valence-electron chi connectivity index (χ1n) is 8.18. The summed E-state index contributed by atoms with van der Waals surface area (Å²) in [5.41, 5.74) is 5.45. The molecule has 0 amide bonds. The zero-order valence-corrected chi connectivity index (χ0v) is 13.7. The molecular formula is C18H20N4O3. The Morgan fingerprint density at radius 1 is 1.20 bits per heavy atom. The van der Waals surface area contributed by atoms with E-state index in [1.54, 1.807) is 18.3 Å². The van der Waals surface area contributed by atoms with E-state index in [4.69, 9.17) is 0 Å². The Balaban J connectivity index is 1.58. The summed E-state index contributed by atoms with van der Waals surface area (Å²) in [4.78, 5) is 12.6. The monoisotopic (exact) mass is 340 g/mol. The molecule has 0 radical (unpaired) electrons. The summed E-state index contributed by atoms with van der Waals surface area (Å²) in [5.74, 6) is 0. The standard InChI is InChI=1S/C18H20N4O3/c23-18-8-10-21(11-9-18)16-6-4-14(5-7-16)13-19-20-15-2-1-3-17(12-15)22(24)25/h1-7,12-13,18,20,23H,8-11H2. The molecule has 1 heterocycles. The fourth-order valence-electron chi connectivity index (χ4n) is 2.77. The number of nitro groups is 1. The van der Waals surface area contributed by atoms with Gasteiger partial charge in [-0.25, -0.2) is 0 Å². The summed E-state index contributed by atoms with van der Waals surface area (Å²) in [5, 5.41) is 24.4. The third kappa shape index (κ3) is 4.54. The number of nitro benzene ring substituents is 1. The number of nitrogens with zero attached hydrogens (tertiary/aromatic N) is 3. The fraction of sp³-hybridized carbons (Fsp3) is 0.278. The van der Waals surface area contributed by atoms with Gasteiger partial charge in [0.2, 0.25) is 0 Å². The molecule has 0 spiro atoms. The van der Waals surface area contributed by atoms with Gasteiger partial charge < -0.3 is 10.0 Å². The Bertz CT molecular complexity index is 753. The normalized spacial score (nSPS) is 15.5. The molecule has 1 fully saturated rings. The Hall–Kier alpha value is -2.93. The lowest BCUT2D eigenvalue weighted by molar-refractivity contribution is -0.384. The first-order valence-corrected chi connectivity index (χ1v) is 8.18. The first kappa shape index (κ1) is 16.9. The lowest BCUT2D eigenvalue weighted by Crippen LogP contribution is -2.35. The summed E-state index contributed by atoms with van der Waals surface area (Å²) in [6.45, 7) is 1.73. The zero-order valence-electron chi connectivity index (χ0n) is 13.7. The van der Waals surface area contributed by atoms with E-state index in [0.717, 1.165) is 37.2 Å². The maximum Gasteiger partial charge on any atom is 0.271 e. The fourth-order valence-corrected chi connectivity index (χ4v) is 2.77. The van der Waals surface area contributed by atoms with E-state index in [1.807, 2.05) is 24.3 Å². The molecule has 1 aliphatic rings. The van der Waals surface area contributed by atoms with Crippen LogP contribution in [0.4, 0.5) is 17.1 Å². The van der Waals surface area contributed by atoms with Crippen molar-refractivity contribution in [3.8, 4) is 0 Å². The van der Waals surface area contributed by atoms with E-state index >= 15 is 0 Å². The van der Waals surface area contributed by atoms with E-state index in [2.05, 4.69) is 15.4 Å². The van der Waals surface area contributed by atoms with E-state index in [-0.39, 0.29) is 11.8 Å². The number of anilines is 2. The minimum absolute atomic E-state index is 0.0243. The van der Waals surface area contributed by atoms with Crippen molar-refractivity contribution < 1.29 is 10.0 Å². The predicted octanol–water partition coefficient (Wildman–Crippen LogP) is 3.00. The highest BCUT2D eigenvalue weighted by Gasteiger charge is 2.16. The van der Waals surface area contributed by atoms with Gasteiger partial charge in [0, 0.05) is 30.9 Å². The van der Waals surface area contributed by atoms with Crippen LogP contribution in [0, 0.1) is 10.1 Å². The van der Waals surface area contributed by atoms with Crippen LogP contribution in [-0.2, 0) is 0 Å². The van der Waals surface area contributed by atoms with Crippen LogP contribution in [0.1, 0.15) is 18.4 Å². The van der Waals surface area contributed by atoms with Crippen molar-refractivity contribution in [1.82, 2.24) is 0 Å². The highest BCUT2D eigenvalue weighted by atomic mass is 16.6. The smallest absolute Gasteiger partial charge is 0.271 e. The molecule has 3 rings (SSSR count). The van der Waals surface area contributed by atoms with Crippen LogP contribution in [-0.4, -0.2) is 35.4 Å². The van der Waals surface area contributed by atoms with E-state index < -0.39 is 4.92 Å². The van der Waals surface area contributed by atoms with E-state index in [0.29, 0.717) is 5.69 Å². The lowest BCUT2D eigenvalue weighted by Gasteiger charge is -2.31.